The lowest BCUT2D eigenvalue weighted by Gasteiger charge is -2.36. The van der Waals surface area contributed by atoms with Crippen molar-refractivity contribution in [3.8, 4) is 11.5 Å². The Bertz CT molecular complexity index is 1520. The first-order valence-corrected chi connectivity index (χ1v) is 13.9. The number of nitrogens with two attached hydrogens (primary N) is 1. The van der Waals surface area contributed by atoms with Gasteiger partial charge >= 0.3 is 6.03 Å². The molecule has 0 saturated carbocycles. The van der Waals surface area contributed by atoms with Crippen molar-refractivity contribution >= 4 is 40.9 Å². The molecule has 4 aliphatic heterocycles. The number of hydrogen-bond donors (Lipinski definition) is 1. The van der Waals surface area contributed by atoms with Crippen LogP contribution in [0, 0.1) is 6.92 Å². The van der Waals surface area contributed by atoms with E-state index in [0.29, 0.717) is 35.6 Å². The molecule has 6 heterocycles. The van der Waals surface area contributed by atoms with E-state index in [2.05, 4.69) is 42.1 Å². The number of carbonyl (C=O) groups excluding carboxylic acids is 1. The van der Waals surface area contributed by atoms with Gasteiger partial charge in [0.05, 0.1) is 0 Å². The van der Waals surface area contributed by atoms with E-state index >= 15 is 0 Å². The molecule has 1 atom stereocenters. The summed E-state index contributed by atoms with van der Waals surface area (Å²) in [6, 6.07) is 8.08. The van der Waals surface area contributed by atoms with Gasteiger partial charge in [0.2, 0.25) is 18.1 Å². The number of anilines is 1. The van der Waals surface area contributed by atoms with Gasteiger partial charge in [-0.25, -0.2) is 40.6 Å². The number of benzene rings is 1. The Kier molecular flexibility index (Phi) is 5.98. The number of hydrogen-bond acceptors (Lipinski definition) is 13. The van der Waals surface area contributed by atoms with Gasteiger partial charge in [0.25, 0.3) is 0 Å². The summed E-state index contributed by atoms with van der Waals surface area (Å²) in [7, 11) is 1.75. The lowest BCUT2D eigenvalue weighted by atomic mass is 10.1. The second-order valence-electron chi connectivity index (χ2n) is 9.83. The zero-order valence-corrected chi connectivity index (χ0v) is 22.9. The first-order valence-electron chi connectivity index (χ1n) is 13.0. The Balaban J connectivity index is 1.02. The number of aliphatic imine (C=N–C) groups is 2. The molecular weight excluding hydrogens is 532 g/mol. The van der Waals surface area contributed by atoms with Crippen LogP contribution in [0.25, 0.3) is 17.2 Å². The highest BCUT2D eigenvalue weighted by Crippen LogP contribution is 2.38. The molecule has 2 amide bonds. The highest BCUT2D eigenvalue weighted by atomic mass is 32.1. The van der Waals surface area contributed by atoms with Gasteiger partial charge in [0.1, 0.15) is 22.7 Å². The molecule has 0 aliphatic carbocycles. The van der Waals surface area contributed by atoms with E-state index in [1.807, 2.05) is 22.5 Å². The fourth-order valence-corrected chi connectivity index (χ4v) is 6.03. The third-order valence-electron chi connectivity index (χ3n) is 7.45. The topological polar surface area (TPSA) is 139 Å². The van der Waals surface area contributed by atoms with E-state index in [1.54, 1.807) is 30.1 Å². The van der Waals surface area contributed by atoms with Crippen molar-refractivity contribution in [3.63, 3.8) is 0 Å². The molecule has 0 bridgehead atoms. The first kappa shape index (κ1) is 24.7. The van der Waals surface area contributed by atoms with Crippen molar-refractivity contribution in [3.05, 3.63) is 52.4 Å². The lowest BCUT2D eigenvalue weighted by molar-refractivity contribution is 0.0842. The van der Waals surface area contributed by atoms with Gasteiger partial charge in [-0.15, -0.1) is 21.5 Å². The lowest BCUT2D eigenvalue weighted by Crippen LogP contribution is -2.49. The van der Waals surface area contributed by atoms with E-state index in [0.717, 1.165) is 49.0 Å². The number of amidine groups is 1. The van der Waals surface area contributed by atoms with Crippen molar-refractivity contribution in [2.45, 2.75) is 13.2 Å². The molecule has 2 aromatic heterocycles. The largest absolute Gasteiger partial charge is 0.421 e. The van der Waals surface area contributed by atoms with Crippen molar-refractivity contribution < 1.29 is 9.21 Å². The number of hydrazine groups is 2. The molecule has 2 fully saturated rings. The van der Waals surface area contributed by atoms with E-state index < -0.39 is 6.29 Å². The molecule has 0 radical (unpaired) electrons. The number of aryl methyl sites for hydroxylation is 1. The number of aromatic nitrogens is 3. The van der Waals surface area contributed by atoms with Crippen LogP contribution >= 0.6 is 11.3 Å². The van der Waals surface area contributed by atoms with E-state index in [-0.39, 0.29) is 6.03 Å². The summed E-state index contributed by atoms with van der Waals surface area (Å²) in [5, 5.41) is 15.6. The van der Waals surface area contributed by atoms with E-state index in [9.17, 15) is 4.79 Å². The summed E-state index contributed by atoms with van der Waals surface area (Å²) in [5.74, 6) is 7.84. The monoisotopic (exact) mass is 560 g/mol. The Labute approximate surface area is 234 Å². The number of thiazole rings is 1. The maximum atomic E-state index is 13.3. The Morgan fingerprint density at radius 3 is 2.75 bits per heavy atom. The van der Waals surface area contributed by atoms with Gasteiger partial charge in [0.15, 0.2) is 5.84 Å². The van der Waals surface area contributed by atoms with Crippen LogP contribution in [-0.4, -0.2) is 111 Å². The predicted molar refractivity (Wildman–Crippen MR) is 150 cm³/mol. The first-order chi connectivity index (χ1) is 19.5. The molecule has 15 heteroatoms. The molecule has 4 aliphatic rings. The van der Waals surface area contributed by atoms with Crippen LogP contribution in [0.5, 0.6) is 0 Å². The SMILES string of the molecule is Cc1nnc(-c2cccc(N3CCN(CCN4C(=O)N(C)N5C6=C(c7nccs7)N=CN(N)C6=NC45)CC3)c2)o1. The minimum Gasteiger partial charge on any atom is -0.421 e. The van der Waals surface area contributed by atoms with Crippen LogP contribution < -0.4 is 10.7 Å². The Morgan fingerprint density at radius 1 is 1.15 bits per heavy atom. The average molecular weight is 561 g/mol. The summed E-state index contributed by atoms with van der Waals surface area (Å²) in [4.78, 5) is 33.6. The maximum absolute atomic E-state index is 13.3. The summed E-state index contributed by atoms with van der Waals surface area (Å²) in [6.45, 7) is 6.59. The van der Waals surface area contributed by atoms with Crippen molar-refractivity contribution in [1.29, 1.82) is 0 Å². The van der Waals surface area contributed by atoms with Crippen LogP contribution in [0.2, 0.25) is 0 Å². The molecule has 1 unspecified atom stereocenters. The number of amides is 2. The minimum absolute atomic E-state index is 0.108. The van der Waals surface area contributed by atoms with Crippen molar-refractivity contribution in [2.24, 2.45) is 15.8 Å². The smallest absolute Gasteiger partial charge is 0.341 e. The second kappa shape index (κ2) is 9.69. The third kappa shape index (κ3) is 4.09. The molecular formula is C25H28N12O2S. The molecule has 2 saturated heterocycles. The number of piperazine rings is 1. The molecule has 2 N–H and O–H groups in total. The number of urea groups is 1. The molecule has 7 rings (SSSR count). The highest BCUT2D eigenvalue weighted by molar-refractivity contribution is 7.10. The van der Waals surface area contributed by atoms with E-state index in [4.69, 9.17) is 15.3 Å². The molecule has 14 nitrogen and oxygen atoms in total. The van der Waals surface area contributed by atoms with Gasteiger partial charge in [-0.3, -0.25) is 9.80 Å². The van der Waals surface area contributed by atoms with Crippen molar-refractivity contribution in [1.82, 2.24) is 40.0 Å². The fraction of sp³-hybridized carbons (Fsp3) is 0.360. The van der Waals surface area contributed by atoms with Gasteiger partial charge in [0, 0.05) is 76.1 Å². The van der Waals surface area contributed by atoms with Gasteiger partial charge in [-0.1, -0.05) is 6.07 Å². The van der Waals surface area contributed by atoms with Crippen LogP contribution in [0.15, 0.2) is 55.9 Å². The quantitative estimate of drug-likeness (QED) is 0.441. The normalized spacial score (nSPS) is 21.1. The van der Waals surface area contributed by atoms with Gasteiger partial charge in [-0.05, 0) is 18.2 Å². The number of nitrogens with zero attached hydrogens (tertiary/aromatic N) is 11. The van der Waals surface area contributed by atoms with Crippen LogP contribution in [0.3, 0.4) is 0 Å². The number of rotatable bonds is 6. The van der Waals surface area contributed by atoms with Gasteiger partial charge < -0.3 is 9.32 Å². The molecule has 40 heavy (non-hydrogen) atoms. The van der Waals surface area contributed by atoms with E-state index in [1.165, 1.54) is 22.7 Å². The fourth-order valence-electron chi connectivity index (χ4n) is 5.40. The highest BCUT2D eigenvalue weighted by Gasteiger charge is 2.51. The summed E-state index contributed by atoms with van der Waals surface area (Å²) < 4.78 is 5.60. The van der Waals surface area contributed by atoms with Crippen molar-refractivity contribution in [2.75, 3.05) is 51.2 Å². The summed E-state index contributed by atoms with van der Waals surface area (Å²) in [6.07, 6.45) is 2.76. The molecule has 206 valence electrons. The third-order valence-corrected chi connectivity index (χ3v) is 8.23. The zero-order valence-electron chi connectivity index (χ0n) is 22.1. The van der Waals surface area contributed by atoms with Crippen LogP contribution in [0.4, 0.5) is 10.5 Å². The Morgan fingerprint density at radius 2 is 2.00 bits per heavy atom. The molecule has 3 aromatic rings. The molecule has 0 spiro atoms. The second-order valence-corrected chi connectivity index (χ2v) is 10.7. The molecule has 1 aromatic carbocycles. The predicted octanol–water partition coefficient (Wildman–Crippen LogP) is 1.49. The number of fused-ring (bicyclic) bond motifs is 3. The Hall–Kier alpha value is -4.34. The maximum Gasteiger partial charge on any atom is 0.341 e. The van der Waals surface area contributed by atoms with Gasteiger partial charge in [-0.2, -0.15) is 0 Å². The summed E-state index contributed by atoms with van der Waals surface area (Å²) >= 11 is 1.48. The number of carbonyl (C=O) groups is 1. The van der Waals surface area contributed by atoms with Crippen LogP contribution in [-0.2, 0) is 0 Å². The zero-order chi connectivity index (χ0) is 27.4. The standard InChI is InChI=1S/C25H28N12O2S/c1-16-30-31-22(39-16)17-4-3-5-18(14-17)34-10-7-33(8-11-34)9-12-35-24-29-21-20(37(24)32(2)25(35)38)19(28-15-36(21)26)23-27-6-13-40-23/h3-6,13-15,24H,7-12,26H2,1-2H3. The average Bonchev–Trinajstić information content (AvgIpc) is 3.77. The summed E-state index contributed by atoms with van der Waals surface area (Å²) in [5.41, 5.74) is 3.39. The van der Waals surface area contributed by atoms with Crippen LogP contribution in [0.1, 0.15) is 10.9 Å². The minimum atomic E-state index is -0.512.